The highest BCUT2D eigenvalue weighted by Gasteiger charge is 2.68. The Morgan fingerprint density at radius 3 is 2.57 bits per heavy atom. The summed E-state index contributed by atoms with van der Waals surface area (Å²) in [5.41, 5.74) is 1.03. The Kier molecular flexibility index (Phi) is 2.58. The molecule has 5 fully saturated rings. The molecule has 5 rings (SSSR count). The van der Waals surface area contributed by atoms with Crippen molar-refractivity contribution in [3.63, 3.8) is 0 Å². The van der Waals surface area contributed by atoms with Crippen molar-refractivity contribution in [3.8, 4) is 0 Å². The van der Waals surface area contributed by atoms with E-state index in [1.165, 1.54) is 38.5 Å². The molecule has 4 aliphatic carbocycles. The average Bonchev–Trinajstić information content (AvgIpc) is 3.17. The van der Waals surface area contributed by atoms with Gasteiger partial charge in [-0.15, -0.1) is 0 Å². The number of hydrogen-bond donors (Lipinski definition) is 1. The summed E-state index contributed by atoms with van der Waals surface area (Å²) >= 11 is 0. The van der Waals surface area contributed by atoms with Crippen LogP contribution in [0.3, 0.4) is 0 Å². The summed E-state index contributed by atoms with van der Waals surface area (Å²) in [6.07, 6.45) is 11.6. The van der Waals surface area contributed by atoms with Crippen molar-refractivity contribution < 1.29 is 9.84 Å². The van der Waals surface area contributed by atoms with E-state index in [2.05, 4.69) is 13.8 Å². The Morgan fingerprint density at radius 1 is 0.905 bits per heavy atom. The SMILES string of the molecule is C[C@]12CC[C@@H](O)C[C@H]1CC[C@@H]1[C@@H]2CC[C@]2(C)[C@@H]3O[C@@H]3C[C@@H]12. The first-order chi connectivity index (χ1) is 10.0. The van der Waals surface area contributed by atoms with Crippen LogP contribution in [0.25, 0.3) is 0 Å². The monoisotopic (exact) mass is 290 g/mol. The molecule has 0 bridgehead atoms. The van der Waals surface area contributed by atoms with Crippen LogP contribution in [0.4, 0.5) is 0 Å². The minimum Gasteiger partial charge on any atom is -0.393 e. The Morgan fingerprint density at radius 2 is 1.71 bits per heavy atom. The van der Waals surface area contributed by atoms with E-state index in [-0.39, 0.29) is 6.10 Å². The van der Waals surface area contributed by atoms with Crippen molar-refractivity contribution in [2.75, 3.05) is 0 Å². The summed E-state index contributed by atoms with van der Waals surface area (Å²) in [5.74, 6) is 3.61. The molecule has 0 aromatic heterocycles. The first kappa shape index (κ1) is 13.4. The summed E-state index contributed by atoms with van der Waals surface area (Å²) in [6, 6.07) is 0. The highest BCUT2D eigenvalue weighted by molar-refractivity contribution is 5.16. The van der Waals surface area contributed by atoms with Crippen LogP contribution in [0, 0.1) is 34.5 Å². The molecule has 9 atom stereocenters. The molecule has 4 saturated carbocycles. The maximum Gasteiger partial charge on any atom is 0.0898 e. The molecule has 21 heavy (non-hydrogen) atoms. The van der Waals surface area contributed by atoms with Crippen LogP contribution in [-0.4, -0.2) is 23.4 Å². The van der Waals surface area contributed by atoms with Crippen LogP contribution in [0.1, 0.15) is 65.2 Å². The number of ether oxygens (including phenoxy) is 1. The Hall–Kier alpha value is -0.0800. The topological polar surface area (TPSA) is 32.8 Å². The molecule has 0 aromatic rings. The van der Waals surface area contributed by atoms with E-state index in [0.29, 0.717) is 23.0 Å². The largest absolute Gasteiger partial charge is 0.393 e. The van der Waals surface area contributed by atoms with Gasteiger partial charge in [0.25, 0.3) is 0 Å². The number of epoxide rings is 1. The van der Waals surface area contributed by atoms with Crippen molar-refractivity contribution in [2.24, 2.45) is 34.5 Å². The fraction of sp³-hybridized carbons (Fsp3) is 1.00. The van der Waals surface area contributed by atoms with Gasteiger partial charge >= 0.3 is 0 Å². The lowest BCUT2D eigenvalue weighted by molar-refractivity contribution is -0.131. The maximum absolute atomic E-state index is 10.1. The molecular weight excluding hydrogens is 260 g/mol. The van der Waals surface area contributed by atoms with Crippen LogP contribution in [0.2, 0.25) is 0 Å². The lowest BCUT2D eigenvalue weighted by Gasteiger charge is -2.60. The van der Waals surface area contributed by atoms with Crippen LogP contribution >= 0.6 is 0 Å². The number of fused-ring (bicyclic) bond motifs is 7. The molecule has 1 N–H and O–H groups in total. The smallest absolute Gasteiger partial charge is 0.0898 e. The van der Waals surface area contributed by atoms with Gasteiger partial charge in [-0.25, -0.2) is 0 Å². The van der Waals surface area contributed by atoms with E-state index >= 15 is 0 Å². The van der Waals surface area contributed by atoms with Gasteiger partial charge in [-0.2, -0.15) is 0 Å². The standard InChI is InChI=1S/C19H30O2/c1-18-7-5-12(20)9-11(18)3-4-13-14(18)6-8-19(2)15(13)10-16-17(19)21-16/h11-17,20H,3-10H2,1-2H3/t11-,12-,13-,14+,15+,16-,17-,18+,19+/m1/s1. The predicted molar refractivity (Wildman–Crippen MR) is 81.8 cm³/mol. The molecule has 0 spiro atoms. The fourth-order valence-corrected chi connectivity index (χ4v) is 7.53. The quantitative estimate of drug-likeness (QED) is 0.689. The van der Waals surface area contributed by atoms with Crippen LogP contribution in [-0.2, 0) is 4.74 Å². The van der Waals surface area contributed by atoms with Gasteiger partial charge in [0, 0.05) is 0 Å². The average molecular weight is 290 g/mol. The second kappa shape index (κ2) is 4.06. The number of aliphatic hydroxyl groups is 1. The van der Waals surface area contributed by atoms with E-state index < -0.39 is 0 Å². The number of aliphatic hydroxyl groups excluding tert-OH is 1. The molecule has 0 amide bonds. The molecule has 2 nitrogen and oxygen atoms in total. The summed E-state index contributed by atoms with van der Waals surface area (Å²) in [7, 11) is 0. The van der Waals surface area contributed by atoms with Gasteiger partial charge in [-0.3, -0.25) is 0 Å². The minimum atomic E-state index is -0.0130. The second-order valence-corrected chi connectivity index (χ2v) is 9.46. The molecule has 0 radical (unpaired) electrons. The van der Waals surface area contributed by atoms with Gasteiger partial charge in [0.05, 0.1) is 18.3 Å². The van der Waals surface area contributed by atoms with E-state index in [1.807, 2.05) is 0 Å². The zero-order valence-corrected chi connectivity index (χ0v) is 13.6. The molecule has 5 aliphatic rings. The predicted octanol–water partition coefficient (Wildman–Crippen LogP) is 3.77. The Bertz CT molecular complexity index is 462. The van der Waals surface area contributed by atoms with Gasteiger partial charge in [-0.05, 0) is 85.9 Å². The number of hydrogen-bond acceptors (Lipinski definition) is 2. The van der Waals surface area contributed by atoms with Gasteiger partial charge in [0.1, 0.15) is 0 Å². The lowest BCUT2D eigenvalue weighted by Crippen LogP contribution is -2.54. The van der Waals surface area contributed by atoms with E-state index in [1.54, 1.807) is 0 Å². The zero-order chi connectivity index (χ0) is 14.4. The molecule has 2 heteroatoms. The van der Waals surface area contributed by atoms with Gasteiger partial charge in [0.2, 0.25) is 0 Å². The first-order valence-corrected chi connectivity index (χ1v) is 9.36. The highest BCUT2D eigenvalue weighted by atomic mass is 16.6. The van der Waals surface area contributed by atoms with Gasteiger partial charge in [-0.1, -0.05) is 13.8 Å². The Balaban J connectivity index is 1.46. The molecule has 118 valence electrons. The normalized spacial score (nSPS) is 65.0. The first-order valence-electron chi connectivity index (χ1n) is 9.36. The van der Waals surface area contributed by atoms with E-state index in [4.69, 9.17) is 4.74 Å². The highest BCUT2D eigenvalue weighted by Crippen LogP contribution is 2.69. The minimum absolute atomic E-state index is 0.0130. The summed E-state index contributed by atoms with van der Waals surface area (Å²) in [5, 5.41) is 10.1. The van der Waals surface area contributed by atoms with Gasteiger partial charge < -0.3 is 9.84 Å². The fourth-order valence-electron chi connectivity index (χ4n) is 7.53. The van der Waals surface area contributed by atoms with Crippen molar-refractivity contribution in [3.05, 3.63) is 0 Å². The zero-order valence-electron chi connectivity index (χ0n) is 13.6. The van der Waals surface area contributed by atoms with Crippen LogP contribution in [0.5, 0.6) is 0 Å². The third-order valence-corrected chi connectivity index (χ3v) is 8.79. The molecule has 1 aliphatic heterocycles. The van der Waals surface area contributed by atoms with Crippen LogP contribution < -0.4 is 0 Å². The molecule has 0 unspecified atom stereocenters. The van der Waals surface area contributed by atoms with E-state index in [0.717, 1.165) is 36.5 Å². The molecule has 1 heterocycles. The summed E-state index contributed by atoms with van der Waals surface area (Å²) in [6.45, 7) is 5.11. The van der Waals surface area contributed by atoms with Crippen molar-refractivity contribution in [2.45, 2.75) is 83.5 Å². The lowest BCUT2D eigenvalue weighted by atomic mass is 9.45. The molecule has 1 saturated heterocycles. The second-order valence-electron chi connectivity index (χ2n) is 9.46. The molecular formula is C19H30O2. The van der Waals surface area contributed by atoms with E-state index in [9.17, 15) is 5.11 Å². The van der Waals surface area contributed by atoms with Crippen molar-refractivity contribution in [1.29, 1.82) is 0 Å². The van der Waals surface area contributed by atoms with Gasteiger partial charge in [0.15, 0.2) is 0 Å². The number of rotatable bonds is 0. The third-order valence-electron chi connectivity index (χ3n) is 8.79. The maximum atomic E-state index is 10.1. The van der Waals surface area contributed by atoms with Crippen molar-refractivity contribution >= 4 is 0 Å². The third kappa shape index (κ3) is 1.62. The van der Waals surface area contributed by atoms with Crippen LogP contribution in [0.15, 0.2) is 0 Å². The summed E-state index contributed by atoms with van der Waals surface area (Å²) in [4.78, 5) is 0. The molecule has 0 aromatic carbocycles. The van der Waals surface area contributed by atoms with Crippen molar-refractivity contribution in [1.82, 2.24) is 0 Å². The Labute approximate surface area is 128 Å². The summed E-state index contributed by atoms with van der Waals surface area (Å²) < 4.78 is 5.92.